The number of carbonyl (C=O) groups excluding carboxylic acids is 1. The van der Waals surface area contributed by atoms with Gasteiger partial charge in [-0.2, -0.15) is 0 Å². The average molecular weight is 150 g/mol. The van der Waals surface area contributed by atoms with E-state index in [1.165, 1.54) is 19.3 Å². The first-order chi connectivity index (χ1) is 5.43. The van der Waals surface area contributed by atoms with E-state index in [1.807, 2.05) is 6.08 Å². The Balaban J connectivity index is 2.24. The van der Waals surface area contributed by atoms with Gasteiger partial charge in [-0.05, 0) is 37.7 Å². The monoisotopic (exact) mass is 150 g/mol. The summed E-state index contributed by atoms with van der Waals surface area (Å²) in [6.45, 7) is 0. The lowest BCUT2D eigenvalue weighted by Gasteiger charge is -2.13. The van der Waals surface area contributed by atoms with Crippen LogP contribution in [-0.4, -0.2) is 6.29 Å². The van der Waals surface area contributed by atoms with Gasteiger partial charge in [-0.3, -0.25) is 4.79 Å². The van der Waals surface area contributed by atoms with Crippen LogP contribution in [0, 0.1) is 5.92 Å². The van der Waals surface area contributed by atoms with Gasteiger partial charge in [0.1, 0.15) is 6.29 Å². The van der Waals surface area contributed by atoms with E-state index in [0.29, 0.717) is 5.92 Å². The van der Waals surface area contributed by atoms with Gasteiger partial charge in [0, 0.05) is 0 Å². The highest BCUT2D eigenvalue weighted by Gasteiger charge is 2.04. The summed E-state index contributed by atoms with van der Waals surface area (Å²) in [5.41, 5.74) is 0. The van der Waals surface area contributed by atoms with Crippen molar-refractivity contribution in [2.75, 3.05) is 0 Å². The van der Waals surface area contributed by atoms with Gasteiger partial charge in [-0.15, -0.1) is 0 Å². The fourth-order valence-electron chi connectivity index (χ4n) is 1.39. The van der Waals surface area contributed by atoms with Crippen molar-refractivity contribution >= 4 is 6.29 Å². The molecule has 1 heteroatoms. The first-order valence-corrected chi connectivity index (χ1v) is 4.20. The minimum atomic E-state index is 0.681. The molecule has 1 atom stereocenters. The van der Waals surface area contributed by atoms with E-state index in [4.69, 9.17) is 0 Å². The molecular formula is C10H14O. The lowest BCUT2D eigenvalue weighted by Crippen LogP contribution is -1.98. The van der Waals surface area contributed by atoms with Crippen molar-refractivity contribution in [3.63, 3.8) is 0 Å². The second kappa shape index (κ2) is 4.89. The Morgan fingerprint density at radius 1 is 1.55 bits per heavy atom. The van der Waals surface area contributed by atoms with Gasteiger partial charge in [0.05, 0.1) is 0 Å². The summed E-state index contributed by atoms with van der Waals surface area (Å²) in [6, 6.07) is 0. The second-order valence-corrected chi connectivity index (χ2v) is 2.92. The van der Waals surface area contributed by atoms with Crippen molar-refractivity contribution in [1.82, 2.24) is 0 Å². The van der Waals surface area contributed by atoms with Crippen molar-refractivity contribution in [3.8, 4) is 0 Å². The highest BCUT2D eigenvalue weighted by atomic mass is 16.1. The normalized spacial score (nSPS) is 24.2. The first kappa shape index (κ1) is 8.25. The molecule has 0 aliphatic heterocycles. The highest BCUT2D eigenvalue weighted by molar-refractivity contribution is 5.64. The molecule has 0 bridgehead atoms. The number of rotatable bonds is 3. The van der Waals surface area contributed by atoms with E-state index in [2.05, 4.69) is 12.2 Å². The van der Waals surface area contributed by atoms with Crippen molar-refractivity contribution in [3.05, 3.63) is 24.3 Å². The first-order valence-electron chi connectivity index (χ1n) is 4.20. The molecule has 0 radical (unpaired) electrons. The highest BCUT2D eigenvalue weighted by Crippen LogP contribution is 2.19. The summed E-state index contributed by atoms with van der Waals surface area (Å²) in [4.78, 5) is 9.94. The van der Waals surface area contributed by atoms with E-state index in [0.717, 1.165) is 12.7 Å². The molecule has 60 valence electrons. The Kier molecular flexibility index (Phi) is 3.67. The topological polar surface area (TPSA) is 17.1 Å². The van der Waals surface area contributed by atoms with Crippen molar-refractivity contribution in [2.24, 2.45) is 5.92 Å². The predicted molar refractivity (Wildman–Crippen MR) is 46.3 cm³/mol. The summed E-state index contributed by atoms with van der Waals surface area (Å²) in [6.07, 6.45) is 13.7. The Bertz CT molecular complexity index is 168. The molecule has 0 amide bonds. The van der Waals surface area contributed by atoms with Gasteiger partial charge in [0.25, 0.3) is 0 Å². The van der Waals surface area contributed by atoms with Gasteiger partial charge in [0.2, 0.25) is 0 Å². The van der Waals surface area contributed by atoms with Crippen LogP contribution in [0.25, 0.3) is 0 Å². The molecule has 0 aromatic carbocycles. The summed E-state index contributed by atoms with van der Waals surface area (Å²) in [5.74, 6) is 0.681. The van der Waals surface area contributed by atoms with E-state index in [-0.39, 0.29) is 0 Å². The minimum absolute atomic E-state index is 0.681. The van der Waals surface area contributed by atoms with E-state index < -0.39 is 0 Å². The molecular weight excluding hydrogens is 136 g/mol. The van der Waals surface area contributed by atoms with Gasteiger partial charge < -0.3 is 0 Å². The van der Waals surface area contributed by atoms with Gasteiger partial charge in [-0.25, -0.2) is 0 Å². The quantitative estimate of drug-likeness (QED) is 0.343. The molecule has 1 rings (SSSR count). The van der Waals surface area contributed by atoms with Crippen LogP contribution in [0.15, 0.2) is 24.3 Å². The summed E-state index contributed by atoms with van der Waals surface area (Å²) in [7, 11) is 0. The SMILES string of the molecule is O=CC=CCC1C=CCCC1. The molecule has 0 saturated heterocycles. The van der Waals surface area contributed by atoms with Crippen molar-refractivity contribution < 1.29 is 4.79 Å². The third-order valence-electron chi connectivity index (χ3n) is 2.01. The summed E-state index contributed by atoms with van der Waals surface area (Å²) >= 11 is 0. The Labute approximate surface area is 67.8 Å². The molecule has 1 aliphatic carbocycles. The van der Waals surface area contributed by atoms with Crippen LogP contribution in [0.3, 0.4) is 0 Å². The fourth-order valence-corrected chi connectivity index (χ4v) is 1.39. The zero-order chi connectivity index (χ0) is 7.94. The molecule has 11 heavy (non-hydrogen) atoms. The Hall–Kier alpha value is -0.850. The van der Waals surface area contributed by atoms with Gasteiger partial charge in [-0.1, -0.05) is 18.2 Å². The Morgan fingerprint density at radius 2 is 2.45 bits per heavy atom. The summed E-state index contributed by atoms with van der Waals surface area (Å²) in [5, 5.41) is 0. The van der Waals surface area contributed by atoms with E-state index in [9.17, 15) is 4.79 Å². The predicted octanol–water partition coefficient (Wildman–Crippen LogP) is 2.49. The summed E-state index contributed by atoms with van der Waals surface area (Å²) < 4.78 is 0. The van der Waals surface area contributed by atoms with Gasteiger partial charge in [0.15, 0.2) is 0 Å². The number of aldehydes is 1. The molecule has 0 N–H and O–H groups in total. The average Bonchev–Trinajstić information content (AvgIpc) is 2.07. The molecule has 0 aromatic heterocycles. The third-order valence-corrected chi connectivity index (χ3v) is 2.01. The molecule has 0 saturated carbocycles. The molecule has 0 spiro atoms. The second-order valence-electron chi connectivity index (χ2n) is 2.92. The van der Waals surface area contributed by atoms with Crippen LogP contribution in [0.1, 0.15) is 25.7 Å². The smallest absolute Gasteiger partial charge is 0.142 e. The number of allylic oxidation sites excluding steroid dienone is 4. The minimum Gasteiger partial charge on any atom is -0.299 e. The molecule has 1 unspecified atom stereocenters. The van der Waals surface area contributed by atoms with Crippen molar-refractivity contribution in [2.45, 2.75) is 25.7 Å². The van der Waals surface area contributed by atoms with E-state index >= 15 is 0 Å². The van der Waals surface area contributed by atoms with E-state index in [1.54, 1.807) is 6.08 Å². The van der Waals surface area contributed by atoms with Crippen molar-refractivity contribution in [1.29, 1.82) is 0 Å². The van der Waals surface area contributed by atoms with Gasteiger partial charge >= 0.3 is 0 Å². The lowest BCUT2D eigenvalue weighted by molar-refractivity contribution is -0.104. The van der Waals surface area contributed by atoms with Crippen LogP contribution in [0.2, 0.25) is 0 Å². The molecule has 0 fully saturated rings. The molecule has 1 aliphatic rings. The van der Waals surface area contributed by atoms with Crippen LogP contribution < -0.4 is 0 Å². The zero-order valence-corrected chi connectivity index (χ0v) is 6.70. The van der Waals surface area contributed by atoms with Crippen LogP contribution in [0.5, 0.6) is 0 Å². The maximum Gasteiger partial charge on any atom is 0.142 e. The molecule has 0 heterocycles. The number of hydrogen-bond donors (Lipinski definition) is 0. The maximum atomic E-state index is 9.94. The fraction of sp³-hybridized carbons (Fsp3) is 0.500. The lowest BCUT2D eigenvalue weighted by atomic mass is 9.93. The maximum absolute atomic E-state index is 9.94. The molecule has 0 aromatic rings. The molecule has 1 nitrogen and oxygen atoms in total. The van der Waals surface area contributed by atoms with Crippen LogP contribution >= 0.6 is 0 Å². The van der Waals surface area contributed by atoms with Crippen LogP contribution in [-0.2, 0) is 4.79 Å². The zero-order valence-electron chi connectivity index (χ0n) is 6.70. The number of carbonyl (C=O) groups is 1. The number of hydrogen-bond acceptors (Lipinski definition) is 1. The third kappa shape index (κ3) is 3.17. The Morgan fingerprint density at radius 3 is 3.09 bits per heavy atom. The van der Waals surface area contributed by atoms with Crippen LogP contribution in [0.4, 0.5) is 0 Å². The standard InChI is InChI=1S/C10H14O/c11-9-5-4-8-10-6-2-1-3-7-10/h2,4-6,9-10H,1,3,7-8H2. The largest absolute Gasteiger partial charge is 0.299 e.